The topological polar surface area (TPSA) is 109 Å². The number of hydrogen-bond acceptors (Lipinski definition) is 5. The lowest BCUT2D eigenvalue weighted by molar-refractivity contribution is 0.566. The molecule has 0 atom stereocenters. The first-order chi connectivity index (χ1) is 8.88. The zero-order valence-electron chi connectivity index (χ0n) is 10.6. The molecule has 1 aliphatic rings. The highest BCUT2D eigenvalue weighted by molar-refractivity contribution is 7.89. The maximum absolute atomic E-state index is 11.6. The van der Waals surface area contributed by atoms with E-state index in [1.165, 1.54) is 0 Å². The third kappa shape index (κ3) is 2.04. The number of nitrogens with zero attached hydrogens (tertiary/aromatic N) is 5. The summed E-state index contributed by atoms with van der Waals surface area (Å²) in [4.78, 5) is 0. The number of rotatable bonds is 3. The number of aryl methyl sites for hydroxylation is 2. The molecule has 2 aromatic rings. The van der Waals surface area contributed by atoms with Gasteiger partial charge in [0, 0.05) is 13.1 Å². The second-order valence-corrected chi connectivity index (χ2v) is 6.20. The van der Waals surface area contributed by atoms with Gasteiger partial charge in [-0.25, -0.2) is 13.6 Å². The molecule has 0 bridgehead atoms. The van der Waals surface area contributed by atoms with Crippen LogP contribution in [0.2, 0.25) is 0 Å². The molecule has 0 unspecified atom stereocenters. The Morgan fingerprint density at radius 1 is 1.37 bits per heavy atom. The summed E-state index contributed by atoms with van der Waals surface area (Å²) in [5, 5.41) is 17.0. The van der Waals surface area contributed by atoms with E-state index in [4.69, 9.17) is 5.14 Å². The van der Waals surface area contributed by atoms with Gasteiger partial charge in [-0.05, 0) is 25.8 Å². The van der Waals surface area contributed by atoms with Gasteiger partial charge in [0.15, 0.2) is 5.82 Å². The van der Waals surface area contributed by atoms with Gasteiger partial charge in [-0.2, -0.15) is 5.10 Å². The van der Waals surface area contributed by atoms with E-state index in [0.717, 1.165) is 24.2 Å². The molecular formula is C10H14N6O2S. The minimum Gasteiger partial charge on any atom is -0.292 e. The van der Waals surface area contributed by atoms with E-state index in [0.29, 0.717) is 5.82 Å². The molecule has 1 fully saturated rings. The second kappa shape index (κ2) is 3.87. The molecule has 2 N–H and O–H groups in total. The maximum atomic E-state index is 11.6. The fourth-order valence-corrected chi connectivity index (χ4v) is 2.79. The van der Waals surface area contributed by atoms with Crippen LogP contribution in [-0.2, 0) is 17.1 Å². The first-order valence-electron chi connectivity index (χ1n) is 5.86. The third-order valence-corrected chi connectivity index (χ3v) is 3.85. The Balaban J connectivity index is 2.23. The molecule has 9 heteroatoms. The molecular weight excluding hydrogens is 268 g/mol. The maximum Gasteiger partial charge on any atom is 0.273 e. The lowest BCUT2D eigenvalue weighted by Crippen LogP contribution is -2.18. The van der Waals surface area contributed by atoms with Gasteiger partial charge < -0.3 is 0 Å². The second-order valence-electron chi connectivity index (χ2n) is 4.75. The summed E-state index contributed by atoms with van der Waals surface area (Å²) in [6.07, 6.45) is 1.81. The van der Waals surface area contributed by atoms with Crippen molar-refractivity contribution in [2.24, 2.45) is 12.2 Å². The van der Waals surface area contributed by atoms with Gasteiger partial charge in [0.1, 0.15) is 5.69 Å². The highest BCUT2D eigenvalue weighted by Crippen LogP contribution is 2.39. The first-order valence-corrected chi connectivity index (χ1v) is 7.41. The van der Waals surface area contributed by atoms with E-state index in [1.807, 2.05) is 13.0 Å². The molecule has 2 heterocycles. The van der Waals surface area contributed by atoms with Crippen LogP contribution in [0.3, 0.4) is 0 Å². The lowest BCUT2D eigenvalue weighted by Gasteiger charge is -2.07. The van der Waals surface area contributed by atoms with Crippen LogP contribution in [0.25, 0.3) is 11.5 Å². The van der Waals surface area contributed by atoms with Crippen molar-refractivity contribution in [3.8, 4) is 11.5 Å². The molecule has 0 amide bonds. The number of nitrogens with two attached hydrogens (primary N) is 1. The van der Waals surface area contributed by atoms with Crippen molar-refractivity contribution in [2.45, 2.75) is 31.0 Å². The highest BCUT2D eigenvalue weighted by Gasteiger charge is 2.34. The summed E-state index contributed by atoms with van der Waals surface area (Å²) in [7, 11) is -2.09. The molecule has 102 valence electrons. The third-order valence-electron chi connectivity index (χ3n) is 3.06. The van der Waals surface area contributed by atoms with Crippen molar-refractivity contribution in [2.75, 3.05) is 0 Å². The predicted octanol–water partition coefficient (Wildman–Crippen LogP) is -0.0307. The molecule has 0 aromatic carbocycles. The van der Waals surface area contributed by atoms with Crippen molar-refractivity contribution >= 4 is 10.0 Å². The molecule has 0 saturated heterocycles. The summed E-state index contributed by atoms with van der Waals surface area (Å²) in [6.45, 7) is 1.86. The Labute approximate surface area is 110 Å². The van der Waals surface area contributed by atoms with Gasteiger partial charge in [-0.1, -0.05) is 0 Å². The molecule has 0 radical (unpaired) electrons. The SMILES string of the molecule is Cc1cc(-c2nnc(S(N)(=O)=O)n2C2CC2)n(C)n1. The summed E-state index contributed by atoms with van der Waals surface area (Å²) in [5.74, 6) is 0.495. The zero-order chi connectivity index (χ0) is 13.8. The molecule has 1 saturated carbocycles. The Morgan fingerprint density at radius 3 is 2.53 bits per heavy atom. The van der Waals surface area contributed by atoms with Gasteiger partial charge in [0.25, 0.3) is 15.2 Å². The van der Waals surface area contributed by atoms with Crippen molar-refractivity contribution in [3.63, 3.8) is 0 Å². The van der Waals surface area contributed by atoms with Gasteiger partial charge >= 0.3 is 0 Å². The first kappa shape index (κ1) is 12.3. The van der Waals surface area contributed by atoms with Crippen molar-refractivity contribution in [1.29, 1.82) is 0 Å². The molecule has 19 heavy (non-hydrogen) atoms. The molecule has 3 rings (SSSR count). The molecule has 2 aromatic heterocycles. The minimum absolute atomic E-state index is 0.105. The Kier molecular flexibility index (Phi) is 2.51. The van der Waals surface area contributed by atoms with Gasteiger partial charge in [-0.15, -0.1) is 10.2 Å². The minimum atomic E-state index is -3.87. The number of sulfonamides is 1. The van der Waals surface area contributed by atoms with Crippen LogP contribution in [0.5, 0.6) is 0 Å². The predicted molar refractivity (Wildman–Crippen MR) is 66.6 cm³/mol. The van der Waals surface area contributed by atoms with Crippen LogP contribution in [0, 0.1) is 6.92 Å². The van der Waals surface area contributed by atoms with Gasteiger partial charge in [-0.3, -0.25) is 9.25 Å². The molecule has 8 nitrogen and oxygen atoms in total. The van der Waals surface area contributed by atoms with Crippen molar-refractivity contribution in [3.05, 3.63) is 11.8 Å². The highest BCUT2D eigenvalue weighted by atomic mass is 32.2. The van der Waals surface area contributed by atoms with Crippen molar-refractivity contribution in [1.82, 2.24) is 24.5 Å². The Hall–Kier alpha value is -1.74. The van der Waals surface area contributed by atoms with E-state index in [2.05, 4.69) is 15.3 Å². The monoisotopic (exact) mass is 282 g/mol. The standard InChI is InChI=1S/C10H14N6O2S/c1-6-5-8(15(2)14-6)9-12-13-10(19(11,17)18)16(9)7-3-4-7/h5,7H,3-4H2,1-2H3,(H2,11,17,18). The van der Waals surface area contributed by atoms with E-state index < -0.39 is 10.0 Å². The van der Waals surface area contributed by atoms with E-state index in [-0.39, 0.29) is 11.2 Å². The Morgan fingerprint density at radius 2 is 2.05 bits per heavy atom. The van der Waals surface area contributed by atoms with E-state index in [1.54, 1.807) is 16.3 Å². The van der Waals surface area contributed by atoms with Crippen LogP contribution in [0.1, 0.15) is 24.6 Å². The molecule has 0 aliphatic heterocycles. The summed E-state index contributed by atoms with van der Waals surface area (Å²) in [6, 6.07) is 1.95. The summed E-state index contributed by atoms with van der Waals surface area (Å²) >= 11 is 0. The fourth-order valence-electron chi connectivity index (χ4n) is 2.13. The van der Waals surface area contributed by atoms with Crippen LogP contribution in [0.4, 0.5) is 0 Å². The lowest BCUT2D eigenvalue weighted by atomic mass is 10.3. The average molecular weight is 282 g/mol. The van der Waals surface area contributed by atoms with E-state index >= 15 is 0 Å². The number of hydrogen-bond donors (Lipinski definition) is 1. The van der Waals surface area contributed by atoms with Crippen LogP contribution >= 0.6 is 0 Å². The van der Waals surface area contributed by atoms with Crippen molar-refractivity contribution < 1.29 is 8.42 Å². The number of primary sulfonamides is 1. The van der Waals surface area contributed by atoms with Crippen LogP contribution in [-0.4, -0.2) is 33.0 Å². The van der Waals surface area contributed by atoms with Gasteiger partial charge in [0.2, 0.25) is 0 Å². The summed E-state index contributed by atoms with van der Waals surface area (Å²) in [5.41, 5.74) is 1.56. The average Bonchev–Trinajstić information content (AvgIpc) is 2.93. The van der Waals surface area contributed by atoms with Gasteiger partial charge in [0.05, 0.1) is 5.69 Å². The zero-order valence-corrected chi connectivity index (χ0v) is 11.4. The summed E-state index contributed by atoms with van der Waals surface area (Å²) < 4.78 is 26.4. The fraction of sp³-hybridized carbons (Fsp3) is 0.500. The molecule has 1 aliphatic carbocycles. The van der Waals surface area contributed by atoms with E-state index in [9.17, 15) is 8.42 Å². The normalized spacial score (nSPS) is 15.9. The smallest absolute Gasteiger partial charge is 0.273 e. The Bertz CT molecular complexity index is 740. The van der Waals surface area contributed by atoms with Crippen LogP contribution < -0.4 is 5.14 Å². The van der Waals surface area contributed by atoms with Crippen LogP contribution in [0.15, 0.2) is 11.2 Å². The quantitative estimate of drug-likeness (QED) is 0.850. The molecule has 0 spiro atoms. The number of aromatic nitrogens is 5. The largest absolute Gasteiger partial charge is 0.292 e.